The molecule has 0 fully saturated rings. The largest absolute Gasteiger partial charge is 0.484 e. The second-order valence-corrected chi connectivity index (χ2v) is 4.17. The van der Waals surface area contributed by atoms with Crippen LogP contribution in [0.3, 0.4) is 0 Å². The summed E-state index contributed by atoms with van der Waals surface area (Å²) in [4.78, 5) is 0. The molecule has 0 aromatic carbocycles. The summed E-state index contributed by atoms with van der Waals surface area (Å²) in [7, 11) is 0. The van der Waals surface area contributed by atoms with E-state index in [9.17, 15) is 0 Å². The van der Waals surface area contributed by atoms with Crippen molar-refractivity contribution in [3.63, 3.8) is 0 Å². The predicted molar refractivity (Wildman–Crippen MR) is 60.5 cm³/mol. The van der Waals surface area contributed by atoms with Crippen LogP contribution in [0.2, 0.25) is 0 Å². The third-order valence-electron chi connectivity index (χ3n) is 1.69. The predicted octanol–water partition coefficient (Wildman–Crippen LogP) is 1.78. The highest BCUT2D eigenvalue weighted by atomic mass is 32.1. The molecule has 0 atom stereocenters. The number of rotatable bonds is 7. The maximum atomic E-state index is 8.58. The Balaban J connectivity index is 3.83. The van der Waals surface area contributed by atoms with Gasteiger partial charge in [0.2, 0.25) is 0 Å². The van der Waals surface area contributed by atoms with Crippen LogP contribution >= 0.6 is 12.2 Å². The summed E-state index contributed by atoms with van der Waals surface area (Å²) in [5.74, 6) is 0. The molecular weight excluding hydrogens is 200 g/mol. The Bertz CT molecular complexity index is 169. The van der Waals surface area contributed by atoms with Gasteiger partial charge in [-0.1, -0.05) is 6.92 Å². The van der Waals surface area contributed by atoms with Gasteiger partial charge < -0.3 is 14.6 Å². The summed E-state index contributed by atoms with van der Waals surface area (Å²) in [6, 6.07) is 0. The molecule has 0 aliphatic rings. The van der Waals surface area contributed by atoms with Gasteiger partial charge in [-0.2, -0.15) is 0 Å². The molecule has 4 heteroatoms. The van der Waals surface area contributed by atoms with E-state index in [1.807, 2.05) is 13.8 Å². The molecule has 0 saturated heterocycles. The van der Waals surface area contributed by atoms with Gasteiger partial charge in [0.05, 0.1) is 18.6 Å². The van der Waals surface area contributed by atoms with Crippen LogP contribution in [0.1, 0.15) is 27.2 Å². The normalized spacial score (nSPS) is 11.4. The molecule has 0 aromatic rings. The average molecular weight is 220 g/mol. The Morgan fingerprint density at radius 3 is 2.50 bits per heavy atom. The first-order valence-electron chi connectivity index (χ1n) is 4.90. The first-order valence-corrected chi connectivity index (χ1v) is 5.31. The van der Waals surface area contributed by atoms with Crippen LogP contribution in [-0.4, -0.2) is 36.6 Å². The lowest BCUT2D eigenvalue weighted by Crippen LogP contribution is -2.31. The Kier molecular flexibility index (Phi) is 7.05. The van der Waals surface area contributed by atoms with Gasteiger partial charge in [-0.25, -0.2) is 0 Å². The van der Waals surface area contributed by atoms with Crippen LogP contribution in [0.4, 0.5) is 0 Å². The minimum Gasteiger partial charge on any atom is -0.484 e. The number of hydrogen-bond donors (Lipinski definition) is 1. The second-order valence-electron chi connectivity index (χ2n) is 3.80. The van der Waals surface area contributed by atoms with E-state index >= 15 is 0 Å². The standard InChI is InChI=1S/C10H20O3S/c1-4-6-12-8-10(2,3)9(14)13-7-5-11/h11H,4-8H2,1-3H3. The maximum absolute atomic E-state index is 8.58. The minimum atomic E-state index is -0.264. The van der Waals surface area contributed by atoms with Crippen LogP contribution in [0.15, 0.2) is 0 Å². The van der Waals surface area contributed by atoms with Gasteiger partial charge in [0.25, 0.3) is 0 Å². The highest BCUT2D eigenvalue weighted by Gasteiger charge is 2.25. The molecule has 14 heavy (non-hydrogen) atoms. The van der Waals surface area contributed by atoms with Crippen molar-refractivity contribution in [2.45, 2.75) is 27.2 Å². The molecule has 0 bridgehead atoms. The minimum absolute atomic E-state index is 0.00790. The second kappa shape index (κ2) is 7.15. The SMILES string of the molecule is CCCOCC(C)(C)C(=S)OCCO. The monoisotopic (exact) mass is 220 g/mol. The fourth-order valence-electron chi connectivity index (χ4n) is 0.864. The zero-order valence-electron chi connectivity index (χ0n) is 9.21. The summed E-state index contributed by atoms with van der Waals surface area (Å²) in [5, 5.41) is 9.08. The molecule has 0 rings (SSSR count). The van der Waals surface area contributed by atoms with Crippen molar-refractivity contribution in [3.8, 4) is 0 Å². The molecule has 0 heterocycles. The molecule has 0 saturated carbocycles. The van der Waals surface area contributed by atoms with Gasteiger partial charge in [-0.15, -0.1) is 0 Å². The Morgan fingerprint density at radius 2 is 2.00 bits per heavy atom. The summed E-state index contributed by atoms with van der Waals surface area (Å²) < 4.78 is 10.6. The number of hydrogen-bond acceptors (Lipinski definition) is 4. The molecule has 0 unspecified atom stereocenters. The van der Waals surface area contributed by atoms with Crippen LogP contribution in [0, 0.1) is 5.41 Å². The fourth-order valence-corrected chi connectivity index (χ4v) is 1.01. The van der Waals surface area contributed by atoms with Gasteiger partial charge in [0.1, 0.15) is 6.61 Å². The fraction of sp³-hybridized carbons (Fsp3) is 0.900. The van der Waals surface area contributed by atoms with E-state index in [1.165, 1.54) is 0 Å². The third kappa shape index (κ3) is 5.52. The maximum Gasteiger partial charge on any atom is 0.167 e. The van der Waals surface area contributed by atoms with Crippen molar-refractivity contribution in [2.24, 2.45) is 5.41 Å². The van der Waals surface area contributed by atoms with Crippen LogP contribution in [0.25, 0.3) is 0 Å². The number of ether oxygens (including phenoxy) is 2. The molecule has 0 aliphatic carbocycles. The lowest BCUT2D eigenvalue weighted by Gasteiger charge is -2.24. The highest BCUT2D eigenvalue weighted by molar-refractivity contribution is 7.80. The first kappa shape index (κ1) is 13.8. The molecular formula is C10H20O3S. The molecule has 0 aliphatic heterocycles. The molecule has 3 nitrogen and oxygen atoms in total. The van der Waals surface area contributed by atoms with E-state index in [2.05, 4.69) is 6.92 Å². The van der Waals surface area contributed by atoms with E-state index in [4.69, 9.17) is 26.8 Å². The Hall–Kier alpha value is -0.190. The quantitative estimate of drug-likeness (QED) is 0.524. The van der Waals surface area contributed by atoms with Gasteiger partial charge in [0, 0.05) is 6.61 Å². The third-order valence-corrected chi connectivity index (χ3v) is 2.36. The zero-order valence-corrected chi connectivity index (χ0v) is 10.0. The van der Waals surface area contributed by atoms with Crippen LogP contribution in [0.5, 0.6) is 0 Å². The number of aliphatic hydroxyl groups excluding tert-OH is 1. The molecule has 0 amide bonds. The Morgan fingerprint density at radius 1 is 1.36 bits per heavy atom. The van der Waals surface area contributed by atoms with E-state index in [1.54, 1.807) is 0 Å². The van der Waals surface area contributed by atoms with Gasteiger partial charge in [-0.05, 0) is 32.5 Å². The van der Waals surface area contributed by atoms with Gasteiger partial charge in [0.15, 0.2) is 5.05 Å². The highest BCUT2D eigenvalue weighted by Crippen LogP contribution is 2.19. The van der Waals surface area contributed by atoms with Crippen molar-refractivity contribution in [2.75, 3.05) is 26.4 Å². The van der Waals surface area contributed by atoms with Crippen molar-refractivity contribution >= 4 is 17.3 Å². The van der Waals surface area contributed by atoms with Gasteiger partial charge in [-0.3, -0.25) is 0 Å². The zero-order chi connectivity index (χ0) is 11.0. The Labute approximate surface area is 91.4 Å². The van der Waals surface area contributed by atoms with E-state index in [-0.39, 0.29) is 18.6 Å². The smallest absolute Gasteiger partial charge is 0.167 e. The molecule has 84 valence electrons. The van der Waals surface area contributed by atoms with Crippen molar-refractivity contribution in [3.05, 3.63) is 0 Å². The van der Waals surface area contributed by atoms with Crippen LogP contribution in [-0.2, 0) is 9.47 Å². The lowest BCUT2D eigenvalue weighted by molar-refractivity contribution is 0.0785. The summed E-state index contributed by atoms with van der Waals surface area (Å²) >= 11 is 5.09. The molecule has 0 aromatic heterocycles. The summed E-state index contributed by atoms with van der Waals surface area (Å²) in [5.41, 5.74) is -0.264. The lowest BCUT2D eigenvalue weighted by atomic mass is 9.96. The topological polar surface area (TPSA) is 38.7 Å². The molecule has 1 N–H and O–H groups in total. The van der Waals surface area contributed by atoms with Crippen molar-refractivity contribution < 1.29 is 14.6 Å². The van der Waals surface area contributed by atoms with Crippen LogP contribution < -0.4 is 0 Å². The van der Waals surface area contributed by atoms with E-state index in [0.29, 0.717) is 11.7 Å². The van der Waals surface area contributed by atoms with E-state index < -0.39 is 0 Å². The number of aliphatic hydroxyl groups is 1. The van der Waals surface area contributed by atoms with E-state index in [0.717, 1.165) is 13.0 Å². The summed E-state index contributed by atoms with van der Waals surface area (Å²) in [6.07, 6.45) is 1.00. The summed E-state index contributed by atoms with van der Waals surface area (Å²) in [6.45, 7) is 7.57. The van der Waals surface area contributed by atoms with Crippen molar-refractivity contribution in [1.82, 2.24) is 0 Å². The first-order chi connectivity index (χ1) is 6.54. The van der Waals surface area contributed by atoms with Gasteiger partial charge >= 0.3 is 0 Å². The number of thiocarbonyl (C=S) groups is 1. The molecule has 0 radical (unpaired) electrons. The van der Waals surface area contributed by atoms with Crippen molar-refractivity contribution in [1.29, 1.82) is 0 Å². The molecule has 0 spiro atoms. The average Bonchev–Trinajstić information content (AvgIpc) is 2.14.